The van der Waals surface area contributed by atoms with Gasteiger partial charge in [0.15, 0.2) is 0 Å². The molecule has 0 amide bonds. The Morgan fingerprint density at radius 3 is 1.96 bits per heavy atom. The number of benzene rings is 3. The molecule has 1 heteroatoms. The number of nitrogens with zero attached hydrogens (tertiary/aromatic N) is 1. The van der Waals surface area contributed by atoms with E-state index in [0.29, 0.717) is 11.8 Å². The number of hydrogen-bond acceptors (Lipinski definition) is 1. The van der Waals surface area contributed by atoms with E-state index < -0.39 is 0 Å². The number of aliphatic imine (C=N–C) groups is 1. The third-order valence-corrected chi connectivity index (χ3v) is 4.50. The Bertz CT molecular complexity index is 841. The van der Waals surface area contributed by atoms with E-state index in [1.807, 2.05) is 6.21 Å². The van der Waals surface area contributed by atoms with Gasteiger partial charge in [0.25, 0.3) is 0 Å². The molecular formula is C23H25N. The molecule has 0 fully saturated rings. The third-order valence-electron chi connectivity index (χ3n) is 4.50. The van der Waals surface area contributed by atoms with Crippen LogP contribution in [0.3, 0.4) is 0 Å². The topological polar surface area (TPSA) is 12.4 Å². The lowest BCUT2D eigenvalue weighted by Gasteiger charge is -2.16. The average Bonchev–Trinajstić information content (AvgIpc) is 2.59. The van der Waals surface area contributed by atoms with Gasteiger partial charge < -0.3 is 0 Å². The highest BCUT2D eigenvalue weighted by Crippen LogP contribution is 2.34. The first-order chi connectivity index (χ1) is 11.6. The molecule has 0 bridgehead atoms. The lowest BCUT2D eigenvalue weighted by Crippen LogP contribution is -1.96. The van der Waals surface area contributed by atoms with Crippen molar-refractivity contribution in [3.05, 3.63) is 77.4 Å². The molecule has 0 heterocycles. The zero-order chi connectivity index (χ0) is 17.1. The van der Waals surface area contributed by atoms with Crippen molar-refractivity contribution < 1.29 is 0 Å². The normalized spacial score (nSPS) is 11.9. The molecule has 3 aromatic rings. The first-order valence-corrected chi connectivity index (χ1v) is 8.72. The summed E-state index contributed by atoms with van der Waals surface area (Å²) in [5.74, 6) is 0.923. The predicted molar refractivity (Wildman–Crippen MR) is 106 cm³/mol. The van der Waals surface area contributed by atoms with Crippen molar-refractivity contribution in [2.75, 3.05) is 0 Å². The summed E-state index contributed by atoms with van der Waals surface area (Å²) in [6, 6.07) is 21.4. The van der Waals surface area contributed by atoms with Gasteiger partial charge in [-0.2, -0.15) is 0 Å². The molecule has 0 spiro atoms. The van der Waals surface area contributed by atoms with Gasteiger partial charge in [0.2, 0.25) is 0 Å². The fourth-order valence-corrected chi connectivity index (χ4v) is 3.16. The van der Waals surface area contributed by atoms with E-state index in [-0.39, 0.29) is 0 Å². The molecule has 0 aromatic heterocycles. The number of rotatable bonds is 4. The van der Waals surface area contributed by atoms with E-state index in [1.54, 1.807) is 0 Å². The summed E-state index contributed by atoms with van der Waals surface area (Å²) in [7, 11) is 0. The van der Waals surface area contributed by atoms with Crippen LogP contribution in [0.25, 0.3) is 10.8 Å². The summed E-state index contributed by atoms with van der Waals surface area (Å²) in [5.41, 5.74) is 4.94. The molecule has 0 unspecified atom stereocenters. The highest BCUT2D eigenvalue weighted by atomic mass is 14.7. The van der Waals surface area contributed by atoms with Crippen molar-refractivity contribution in [2.45, 2.75) is 39.5 Å². The van der Waals surface area contributed by atoms with Gasteiger partial charge in [0.05, 0.1) is 5.69 Å². The maximum atomic E-state index is 4.94. The smallest absolute Gasteiger partial charge is 0.0699 e. The van der Waals surface area contributed by atoms with Crippen LogP contribution in [0.4, 0.5) is 5.69 Å². The molecular weight excluding hydrogens is 290 g/mol. The van der Waals surface area contributed by atoms with Gasteiger partial charge in [-0.05, 0) is 33.7 Å². The SMILES string of the molecule is CC(C)c1cccc(C(C)C)c1N=Cc1cccc2ccccc12. The fraction of sp³-hybridized carbons (Fsp3) is 0.261. The highest BCUT2D eigenvalue weighted by molar-refractivity contribution is 6.00. The molecule has 0 aliphatic rings. The average molecular weight is 315 g/mol. The van der Waals surface area contributed by atoms with Crippen molar-refractivity contribution in [3.8, 4) is 0 Å². The van der Waals surface area contributed by atoms with Crippen LogP contribution in [0.1, 0.15) is 56.2 Å². The maximum Gasteiger partial charge on any atom is 0.0699 e. The Balaban J connectivity index is 2.11. The minimum atomic E-state index is 0.461. The monoisotopic (exact) mass is 315 g/mol. The van der Waals surface area contributed by atoms with Crippen LogP contribution in [-0.2, 0) is 0 Å². The number of hydrogen-bond donors (Lipinski definition) is 0. The fourth-order valence-electron chi connectivity index (χ4n) is 3.16. The van der Waals surface area contributed by atoms with Crippen LogP contribution < -0.4 is 0 Å². The second-order valence-corrected chi connectivity index (χ2v) is 6.92. The van der Waals surface area contributed by atoms with E-state index in [9.17, 15) is 0 Å². The maximum absolute atomic E-state index is 4.94. The summed E-state index contributed by atoms with van der Waals surface area (Å²) in [4.78, 5) is 4.94. The van der Waals surface area contributed by atoms with E-state index in [2.05, 4.69) is 88.4 Å². The summed E-state index contributed by atoms with van der Waals surface area (Å²) >= 11 is 0. The molecule has 0 saturated heterocycles. The molecule has 3 rings (SSSR count). The van der Waals surface area contributed by atoms with Crippen LogP contribution in [0, 0.1) is 0 Å². The Morgan fingerprint density at radius 1 is 0.708 bits per heavy atom. The summed E-state index contributed by atoms with van der Waals surface area (Å²) in [5, 5.41) is 2.50. The molecule has 0 atom stereocenters. The minimum absolute atomic E-state index is 0.461. The zero-order valence-electron chi connectivity index (χ0n) is 15.0. The van der Waals surface area contributed by atoms with Crippen LogP contribution in [0.15, 0.2) is 65.7 Å². The van der Waals surface area contributed by atoms with Crippen LogP contribution in [-0.4, -0.2) is 6.21 Å². The lowest BCUT2D eigenvalue weighted by atomic mass is 9.93. The molecule has 3 aromatic carbocycles. The molecule has 0 N–H and O–H groups in total. The van der Waals surface area contributed by atoms with E-state index in [0.717, 1.165) is 5.69 Å². The predicted octanol–water partition coefficient (Wildman–Crippen LogP) is 6.84. The Labute approximate surface area is 145 Å². The van der Waals surface area contributed by atoms with Gasteiger partial charge in [0.1, 0.15) is 0 Å². The Morgan fingerprint density at radius 2 is 1.29 bits per heavy atom. The van der Waals surface area contributed by atoms with Gasteiger partial charge in [-0.1, -0.05) is 88.4 Å². The Kier molecular flexibility index (Phi) is 4.80. The molecule has 0 aliphatic carbocycles. The molecule has 0 radical (unpaired) electrons. The quantitative estimate of drug-likeness (QED) is 0.467. The lowest BCUT2D eigenvalue weighted by molar-refractivity contribution is 0.835. The summed E-state index contributed by atoms with van der Waals surface area (Å²) in [6.07, 6.45) is 2.02. The van der Waals surface area contributed by atoms with Gasteiger partial charge >= 0.3 is 0 Å². The number of fused-ring (bicyclic) bond motifs is 1. The van der Waals surface area contributed by atoms with Crippen LogP contribution >= 0.6 is 0 Å². The highest BCUT2D eigenvalue weighted by Gasteiger charge is 2.12. The molecule has 0 saturated carbocycles. The van der Waals surface area contributed by atoms with Gasteiger partial charge in [0, 0.05) is 11.8 Å². The van der Waals surface area contributed by atoms with Gasteiger partial charge in [-0.25, -0.2) is 0 Å². The molecule has 0 aliphatic heterocycles. The van der Waals surface area contributed by atoms with Crippen molar-refractivity contribution in [1.82, 2.24) is 0 Å². The van der Waals surface area contributed by atoms with Crippen molar-refractivity contribution in [1.29, 1.82) is 0 Å². The largest absolute Gasteiger partial charge is 0.256 e. The zero-order valence-corrected chi connectivity index (χ0v) is 15.0. The third kappa shape index (κ3) is 3.26. The van der Waals surface area contributed by atoms with E-state index >= 15 is 0 Å². The van der Waals surface area contributed by atoms with Gasteiger partial charge in [-0.15, -0.1) is 0 Å². The standard InChI is InChI=1S/C23H25N/c1-16(2)20-13-8-14-21(17(3)4)23(20)24-15-19-11-7-10-18-9-5-6-12-22(18)19/h5-17H,1-4H3. The number of para-hydroxylation sites is 1. The summed E-state index contributed by atoms with van der Waals surface area (Å²) in [6.45, 7) is 8.93. The van der Waals surface area contributed by atoms with Crippen LogP contribution in [0.5, 0.6) is 0 Å². The first kappa shape index (κ1) is 16.4. The van der Waals surface area contributed by atoms with Crippen LogP contribution in [0.2, 0.25) is 0 Å². The summed E-state index contributed by atoms with van der Waals surface area (Å²) < 4.78 is 0. The molecule has 24 heavy (non-hydrogen) atoms. The van der Waals surface area contributed by atoms with E-state index in [4.69, 9.17) is 4.99 Å². The van der Waals surface area contributed by atoms with Crippen molar-refractivity contribution in [3.63, 3.8) is 0 Å². The Hall–Kier alpha value is -2.41. The first-order valence-electron chi connectivity index (χ1n) is 8.72. The van der Waals surface area contributed by atoms with Crippen molar-refractivity contribution >= 4 is 22.7 Å². The molecule has 122 valence electrons. The second-order valence-electron chi connectivity index (χ2n) is 6.92. The second kappa shape index (κ2) is 7.00. The molecule has 1 nitrogen and oxygen atoms in total. The van der Waals surface area contributed by atoms with Gasteiger partial charge in [-0.3, -0.25) is 4.99 Å². The van der Waals surface area contributed by atoms with Crippen molar-refractivity contribution in [2.24, 2.45) is 4.99 Å². The van der Waals surface area contributed by atoms with E-state index in [1.165, 1.54) is 27.5 Å². The minimum Gasteiger partial charge on any atom is -0.256 e.